The van der Waals surface area contributed by atoms with E-state index in [0.29, 0.717) is 17.9 Å². The third-order valence-electron chi connectivity index (χ3n) is 3.04. The van der Waals surface area contributed by atoms with E-state index < -0.39 is 12.0 Å². The van der Waals surface area contributed by atoms with Crippen LogP contribution in [0.3, 0.4) is 0 Å². The van der Waals surface area contributed by atoms with Crippen molar-refractivity contribution in [3.05, 3.63) is 21.9 Å². The van der Waals surface area contributed by atoms with Gasteiger partial charge in [-0.2, -0.15) is 0 Å². The van der Waals surface area contributed by atoms with Crippen molar-refractivity contribution in [3.63, 3.8) is 0 Å². The number of hydrogen-bond donors (Lipinski definition) is 2. The number of hydrogen-bond acceptors (Lipinski definition) is 4. The zero-order chi connectivity index (χ0) is 16.0. The number of thiophene rings is 1. The molecule has 6 heteroatoms. The lowest BCUT2D eigenvalue weighted by molar-refractivity contribution is -0.139. The molecule has 2 N–H and O–H groups in total. The number of methoxy groups -OCH3 is 1. The Bertz CT molecular complexity index is 490. The van der Waals surface area contributed by atoms with E-state index in [1.54, 1.807) is 12.5 Å². The molecule has 1 unspecified atom stereocenters. The largest absolute Gasteiger partial charge is 0.480 e. The molecule has 0 aliphatic heterocycles. The average molecular weight is 313 g/mol. The summed E-state index contributed by atoms with van der Waals surface area (Å²) in [6, 6.07) is 0.947. The van der Waals surface area contributed by atoms with Gasteiger partial charge in [0.2, 0.25) is 0 Å². The molecule has 1 aromatic heterocycles. The van der Waals surface area contributed by atoms with Crippen molar-refractivity contribution < 1.29 is 19.4 Å². The van der Waals surface area contributed by atoms with E-state index in [2.05, 4.69) is 5.32 Å². The quantitative estimate of drug-likeness (QED) is 0.811. The van der Waals surface area contributed by atoms with E-state index in [1.807, 2.05) is 26.8 Å². The van der Waals surface area contributed by atoms with Gasteiger partial charge in [0.25, 0.3) is 5.91 Å². The van der Waals surface area contributed by atoms with E-state index in [-0.39, 0.29) is 11.3 Å². The average Bonchev–Trinajstić information content (AvgIpc) is 2.81. The van der Waals surface area contributed by atoms with E-state index in [0.717, 1.165) is 12.0 Å². The first-order valence-corrected chi connectivity index (χ1v) is 7.71. The summed E-state index contributed by atoms with van der Waals surface area (Å²) in [6.07, 6.45) is 1.13. The fourth-order valence-corrected chi connectivity index (χ4v) is 2.68. The zero-order valence-corrected chi connectivity index (χ0v) is 13.8. The highest BCUT2D eigenvalue weighted by Crippen LogP contribution is 2.22. The first-order chi connectivity index (χ1) is 9.74. The summed E-state index contributed by atoms with van der Waals surface area (Å²) < 4.78 is 5.03. The molecule has 1 rings (SSSR count). The standard InChI is InChI=1S/C15H23NO4S/c1-15(2,3)7-5-11(14(18)19)16-13(17)12-10(9-20-4)6-8-21-12/h6,8,11H,5,7,9H2,1-4H3,(H,16,17)(H,18,19). The molecule has 0 fully saturated rings. The van der Waals surface area contributed by atoms with Crippen molar-refractivity contribution in [2.75, 3.05) is 7.11 Å². The smallest absolute Gasteiger partial charge is 0.326 e. The van der Waals surface area contributed by atoms with Crippen LogP contribution in [0.1, 0.15) is 48.8 Å². The molecule has 1 atom stereocenters. The first-order valence-electron chi connectivity index (χ1n) is 6.83. The van der Waals surface area contributed by atoms with Crippen LogP contribution < -0.4 is 5.32 Å². The normalized spacial score (nSPS) is 13.0. The Morgan fingerprint density at radius 1 is 1.43 bits per heavy atom. The number of carboxylic acids is 1. The third kappa shape index (κ3) is 5.85. The number of ether oxygens (including phenoxy) is 1. The Morgan fingerprint density at radius 2 is 2.10 bits per heavy atom. The second kappa shape index (κ2) is 7.56. The monoisotopic (exact) mass is 313 g/mol. The van der Waals surface area contributed by atoms with Crippen molar-refractivity contribution in [3.8, 4) is 0 Å². The Labute approximate surface area is 129 Å². The number of carboxylic acid groups (broad SMARTS) is 1. The van der Waals surface area contributed by atoms with Crippen molar-refractivity contribution >= 4 is 23.2 Å². The van der Waals surface area contributed by atoms with Crippen LogP contribution in [0.5, 0.6) is 0 Å². The number of nitrogens with one attached hydrogen (secondary N) is 1. The summed E-state index contributed by atoms with van der Waals surface area (Å²) in [5, 5.41) is 13.7. The first kappa shape index (κ1) is 17.7. The molecule has 0 aliphatic rings. The van der Waals surface area contributed by atoms with E-state index in [9.17, 15) is 14.7 Å². The number of rotatable bonds is 7. The highest BCUT2D eigenvalue weighted by molar-refractivity contribution is 7.12. The Hall–Kier alpha value is -1.40. The van der Waals surface area contributed by atoms with Gasteiger partial charge in [0.1, 0.15) is 6.04 Å². The summed E-state index contributed by atoms with van der Waals surface area (Å²) in [6.45, 7) is 6.48. The lowest BCUT2D eigenvalue weighted by atomic mass is 9.88. The SMILES string of the molecule is COCc1ccsc1C(=O)NC(CCC(C)(C)C)C(=O)O. The van der Waals surface area contributed by atoms with Crippen LogP contribution in [0, 0.1) is 5.41 Å². The van der Waals surface area contributed by atoms with Gasteiger partial charge in [-0.15, -0.1) is 11.3 Å². The van der Waals surface area contributed by atoms with Gasteiger partial charge >= 0.3 is 5.97 Å². The summed E-state index contributed by atoms with van der Waals surface area (Å²) in [4.78, 5) is 24.0. The van der Waals surface area contributed by atoms with Crippen LogP contribution in [0.25, 0.3) is 0 Å². The molecule has 1 aromatic rings. The summed E-state index contributed by atoms with van der Waals surface area (Å²) in [5.41, 5.74) is 0.808. The minimum absolute atomic E-state index is 0.0303. The van der Waals surface area contributed by atoms with E-state index >= 15 is 0 Å². The molecule has 0 spiro atoms. The molecule has 0 saturated heterocycles. The van der Waals surface area contributed by atoms with Crippen molar-refractivity contribution in [1.29, 1.82) is 0 Å². The van der Waals surface area contributed by atoms with E-state index in [1.165, 1.54) is 11.3 Å². The number of amides is 1. The molecule has 0 aromatic carbocycles. The topological polar surface area (TPSA) is 75.6 Å². The predicted octanol–water partition coefficient (Wildman–Crippen LogP) is 2.90. The third-order valence-corrected chi connectivity index (χ3v) is 3.99. The van der Waals surface area contributed by atoms with Crippen LogP contribution in [0.15, 0.2) is 11.4 Å². The van der Waals surface area contributed by atoms with Crippen molar-refractivity contribution in [2.45, 2.75) is 46.3 Å². The van der Waals surface area contributed by atoms with Gasteiger partial charge < -0.3 is 15.2 Å². The molecule has 0 bridgehead atoms. The molecular weight excluding hydrogens is 290 g/mol. The predicted molar refractivity (Wildman–Crippen MR) is 82.6 cm³/mol. The zero-order valence-electron chi connectivity index (χ0n) is 12.9. The van der Waals surface area contributed by atoms with Crippen LogP contribution >= 0.6 is 11.3 Å². The molecule has 0 aliphatic carbocycles. The molecule has 1 heterocycles. The summed E-state index contributed by atoms with van der Waals surface area (Å²) >= 11 is 1.29. The minimum atomic E-state index is -1.00. The number of carbonyl (C=O) groups is 2. The van der Waals surface area contributed by atoms with Gasteiger partial charge in [0, 0.05) is 12.7 Å². The Morgan fingerprint density at radius 3 is 2.62 bits per heavy atom. The summed E-state index contributed by atoms with van der Waals surface area (Å²) in [7, 11) is 1.56. The molecule has 0 saturated carbocycles. The van der Waals surface area contributed by atoms with Gasteiger partial charge in [-0.1, -0.05) is 20.8 Å². The fourth-order valence-electron chi connectivity index (χ4n) is 1.86. The highest BCUT2D eigenvalue weighted by Gasteiger charge is 2.24. The lowest BCUT2D eigenvalue weighted by Crippen LogP contribution is -2.41. The Balaban J connectivity index is 2.72. The van der Waals surface area contributed by atoms with Crippen LogP contribution in [-0.4, -0.2) is 30.1 Å². The van der Waals surface area contributed by atoms with Gasteiger partial charge in [-0.3, -0.25) is 4.79 Å². The Kier molecular flexibility index (Phi) is 6.36. The van der Waals surface area contributed by atoms with Gasteiger partial charge in [0.15, 0.2) is 0 Å². The molecule has 21 heavy (non-hydrogen) atoms. The highest BCUT2D eigenvalue weighted by atomic mass is 32.1. The maximum Gasteiger partial charge on any atom is 0.326 e. The van der Waals surface area contributed by atoms with Crippen LogP contribution in [0.4, 0.5) is 0 Å². The minimum Gasteiger partial charge on any atom is -0.480 e. The van der Waals surface area contributed by atoms with Crippen LogP contribution in [0.2, 0.25) is 0 Å². The molecule has 5 nitrogen and oxygen atoms in total. The lowest BCUT2D eigenvalue weighted by Gasteiger charge is -2.21. The van der Waals surface area contributed by atoms with E-state index in [4.69, 9.17) is 4.74 Å². The van der Waals surface area contributed by atoms with Gasteiger partial charge in [-0.25, -0.2) is 4.79 Å². The molecule has 118 valence electrons. The fraction of sp³-hybridized carbons (Fsp3) is 0.600. The summed E-state index contributed by atoms with van der Waals surface area (Å²) in [5.74, 6) is -1.35. The van der Waals surface area contributed by atoms with Gasteiger partial charge in [-0.05, 0) is 29.7 Å². The number of aliphatic carboxylic acids is 1. The maximum atomic E-state index is 12.2. The van der Waals surface area contributed by atoms with Gasteiger partial charge in [0.05, 0.1) is 11.5 Å². The van der Waals surface area contributed by atoms with Crippen LogP contribution in [-0.2, 0) is 16.1 Å². The maximum absolute atomic E-state index is 12.2. The van der Waals surface area contributed by atoms with Crippen molar-refractivity contribution in [2.24, 2.45) is 5.41 Å². The molecule has 1 amide bonds. The second-order valence-electron chi connectivity index (χ2n) is 6.17. The molecular formula is C15H23NO4S. The second-order valence-corrected chi connectivity index (χ2v) is 7.09. The molecule has 0 radical (unpaired) electrons. The number of carbonyl (C=O) groups excluding carboxylic acids is 1. The van der Waals surface area contributed by atoms with Crippen molar-refractivity contribution in [1.82, 2.24) is 5.32 Å².